The predicted molar refractivity (Wildman–Crippen MR) is 208 cm³/mol. The fraction of sp³-hybridized carbons (Fsp3) is 0.136. The molecule has 0 aliphatic carbocycles. The highest BCUT2D eigenvalue weighted by atomic mass is 32.2. The molecule has 8 aromatic rings. The SMILES string of the molecule is CC1(C)OB(c2cccc3c2c2c4cccc5c4n(c2n3-c2cc(-c3ccccc3)cc(-c3ccccc3)c2)-c2ccccc2S5)OC1(C)C. The summed E-state index contributed by atoms with van der Waals surface area (Å²) in [5, 5.41) is 3.61. The Morgan fingerprint density at radius 2 is 1.14 bits per heavy atom. The Kier molecular flexibility index (Phi) is 6.42. The van der Waals surface area contributed by atoms with Crippen LogP contribution in [0.1, 0.15) is 27.7 Å². The Hall–Kier alpha value is -5.01. The molecule has 1 fully saturated rings. The highest BCUT2D eigenvalue weighted by molar-refractivity contribution is 7.99. The molecule has 2 aliphatic rings. The van der Waals surface area contributed by atoms with Gasteiger partial charge in [0.2, 0.25) is 0 Å². The van der Waals surface area contributed by atoms with Crippen molar-refractivity contribution in [1.29, 1.82) is 0 Å². The third-order valence-electron chi connectivity index (χ3n) is 10.9. The van der Waals surface area contributed by atoms with E-state index in [-0.39, 0.29) is 0 Å². The van der Waals surface area contributed by atoms with Crippen molar-refractivity contribution in [2.24, 2.45) is 0 Å². The summed E-state index contributed by atoms with van der Waals surface area (Å²) in [6, 6.07) is 50.5. The number of aromatic nitrogens is 2. The molecule has 0 spiro atoms. The molecule has 0 unspecified atom stereocenters. The number of nitrogens with zero attached hydrogens (tertiary/aromatic N) is 2. The lowest BCUT2D eigenvalue weighted by atomic mass is 9.76. The van der Waals surface area contributed by atoms with Crippen molar-refractivity contribution in [2.75, 3.05) is 0 Å². The number of para-hydroxylation sites is 2. The summed E-state index contributed by atoms with van der Waals surface area (Å²) in [6.07, 6.45) is 0. The van der Waals surface area contributed by atoms with Crippen LogP contribution >= 0.6 is 11.8 Å². The Morgan fingerprint density at radius 1 is 0.540 bits per heavy atom. The lowest BCUT2D eigenvalue weighted by Crippen LogP contribution is -2.41. The summed E-state index contributed by atoms with van der Waals surface area (Å²) in [7, 11) is -0.508. The van der Waals surface area contributed by atoms with E-state index in [2.05, 4.69) is 176 Å². The van der Waals surface area contributed by atoms with Crippen LogP contribution in [-0.2, 0) is 9.31 Å². The summed E-state index contributed by atoms with van der Waals surface area (Å²) >= 11 is 1.85. The standard InChI is InChI=1S/C44H35BN2O2S/c1-43(2)44(3,4)49-45(48-43)34-20-14-22-36-40(34)39-33-19-13-24-38-41(33)47(35-21-11-12-23-37(35)50-38)42(39)46(36)32-26-30(28-15-7-5-8-16-28)25-31(27-32)29-17-9-6-10-18-29/h5-27H,1-4H3. The van der Waals surface area contributed by atoms with E-state index in [1.165, 1.54) is 54.0 Å². The van der Waals surface area contributed by atoms with Gasteiger partial charge in [-0.1, -0.05) is 109 Å². The second kappa shape index (κ2) is 10.7. The van der Waals surface area contributed by atoms with Crippen molar-refractivity contribution in [3.63, 3.8) is 0 Å². The Morgan fingerprint density at radius 3 is 1.82 bits per heavy atom. The molecule has 10 rings (SSSR count). The van der Waals surface area contributed by atoms with Crippen molar-refractivity contribution in [2.45, 2.75) is 48.7 Å². The monoisotopic (exact) mass is 666 g/mol. The summed E-state index contributed by atoms with van der Waals surface area (Å²) < 4.78 is 18.5. The third-order valence-corrected chi connectivity index (χ3v) is 12.0. The number of hydrogen-bond donors (Lipinski definition) is 0. The fourth-order valence-electron chi connectivity index (χ4n) is 7.81. The van der Waals surface area contributed by atoms with Crippen LogP contribution in [0.2, 0.25) is 0 Å². The lowest BCUT2D eigenvalue weighted by Gasteiger charge is -2.32. The van der Waals surface area contributed by atoms with Crippen LogP contribution in [0.4, 0.5) is 0 Å². The highest BCUT2D eigenvalue weighted by Gasteiger charge is 2.52. The summed E-state index contributed by atoms with van der Waals surface area (Å²) in [5.41, 5.74) is 10.6. The molecule has 4 heterocycles. The molecule has 2 aromatic heterocycles. The molecule has 4 nitrogen and oxygen atoms in total. The van der Waals surface area contributed by atoms with Crippen LogP contribution in [0.15, 0.2) is 149 Å². The van der Waals surface area contributed by atoms with Gasteiger partial charge in [0.15, 0.2) is 0 Å². The molecule has 242 valence electrons. The zero-order chi connectivity index (χ0) is 33.8. The van der Waals surface area contributed by atoms with Gasteiger partial charge in [0, 0.05) is 31.6 Å². The van der Waals surface area contributed by atoms with Gasteiger partial charge in [-0.2, -0.15) is 0 Å². The van der Waals surface area contributed by atoms with E-state index in [0.29, 0.717) is 0 Å². The molecule has 0 atom stereocenters. The third kappa shape index (κ3) is 4.29. The minimum absolute atomic E-state index is 0.463. The van der Waals surface area contributed by atoms with Crippen LogP contribution in [0.25, 0.3) is 66.5 Å². The fourth-order valence-corrected chi connectivity index (χ4v) is 8.90. The van der Waals surface area contributed by atoms with Crippen LogP contribution in [-0.4, -0.2) is 27.5 Å². The van der Waals surface area contributed by atoms with Gasteiger partial charge in [0.05, 0.1) is 27.9 Å². The van der Waals surface area contributed by atoms with Gasteiger partial charge in [-0.05, 0) is 97.9 Å². The Labute approximate surface area is 296 Å². The minimum atomic E-state index is -0.508. The first-order valence-corrected chi connectivity index (χ1v) is 18.1. The molecule has 0 N–H and O–H groups in total. The molecule has 0 radical (unpaired) electrons. The van der Waals surface area contributed by atoms with E-state index in [0.717, 1.165) is 27.7 Å². The zero-order valence-electron chi connectivity index (χ0n) is 28.5. The van der Waals surface area contributed by atoms with Crippen molar-refractivity contribution < 1.29 is 9.31 Å². The van der Waals surface area contributed by atoms with E-state index in [9.17, 15) is 0 Å². The second-order valence-corrected chi connectivity index (χ2v) is 15.5. The van der Waals surface area contributed by atoms with Crippen molar-refractivity contribution in [3.8, 4) is 33.6 Å². The molecule has 0 bridgehead atoms. The van der Waals surface area contributed by atoms with Gasteiger partial charge in [0.25, 0.3) is 0 Å². The average molecular weight is 667 g/mol. The maximum absolute atomic E-state index is 6.77. The normalized spacial score (nSPS) is 16.0. The van der Waals surface area contributed by atoms with E-state index in [4.69, 9.17) is 9.31 Å². The van der Waals surface area contributed by atoms with Crippen molar-refractivity contribution >= 4 is 57.2 Å². The van der Waals surface area contributed by atoms with Crippen LogP contribution < -0.4 is 5.46 Å². The van der Waals surface area contributed by atoms with Gasteiger partial charge in [-0.25, -0.2) is 0 Å². The van der Waals surface area contributed by atoms with Crippen LogP contribution in [0.5, 0.6) is 0 Å². The van der Waals surface area contributed by atoms with Gasteiger partial charge in [-0.15, -0.1) is 0 Å². The molecule has 6 aromatic carbocycles. The maximum Gasteiger partial charge on any atom is 0.495 e. The minimum Gasteiger partial charge on any atom is -0.399 e. The van der Waals surface area contributed by atoms with E-state index in [1.807, 2.05) is 11.8 Å². The van der Waals surface area contributed by atoms with Gasteiger partial charge < -0.3 is 9.31 Å². The number of fused-ring (bicyclic) bond motifs is 7. The van der Waals surface area contributed by atoms with Crippen LogP contribution in [0.3, 0.4) is 0 Å². The first kappa shape index (κ1) is 29.9. The zero-order valence-corrected chi connectivity index (χ0v) is 29.3. The van der Waals surface area contributed by atoms with Gasteiger partial charge >= 0.3 is 7.12 Å². The molecule has 2 aliphatic heterocycles. The number of benzene rings is 6. The first-order valence-electron chi connectivity index (χ1n) is 17.3. The van der Waals surface area contributed by atoms with E-state index in [1.54, 1.807) is 0 Å². The summed E-state index contributed by atoms with van der Waals surface area (Å²) in [5.74, 6) is 0. The number of rotatable bonds is 4. The molecule has 50 heavy (non-hydrogen) atoms. The molecular formula is C44H35BN2O2S. The van der Waals surface area contributed by atoms with Crippen LogP contribution in [0, 0.1) is 0 Å². The maximum atomic E-state index is 6.77. The topological polar surface area (TPSA) is 28.3 Å². The Balaban J connectivity index is 1.37. The molecule has 6 heteroatoms. The lowest BCUT2D eigenvalue weighted by molar-refractivity contribution is 0.00578. The average Bonchev–Trinajstić information content (AvgIpc) is 3.73. The summed E-state index contributed by atoms with van der Waals surface area (Å²) in [6.45, 7) is 8.51. The van der Waals surface area contributed by atoms with Gasteiger partial charge in [-0.3, -0.25) is 9.13 Å². The summed E-state index contributed by atoms with van der Waals surface area (Å²) in [4.78, 5) is 2.50. The molecule has 0 saturated carbocycles. The number of hydrogen-bond acceptors (Lipinski definition) is 3. The van der Waals surface area contributed by atoms with Gasteiger partial charge in [0.1, 0.15) is 5.65 Å². The Bertz CT molecular complexity index is 2570. The highest BCUT2D eigenvalue weighted by Crippen LogP contribution is 2.50. The first-order chi connectivity index (χ1) is 24.3. The molecule has 1 saturated heterocycles. The molecule has 0 amide bonds. The van der Waals surface area contributed by atoms with Crippen molar-refractivity contribution in [3.05, 3.63) is 140 Å². The van der Waals surface area contributed by atoms with E-state index < -0.39 is 18.3 Å². The van der Waals surface area contributed by atoms with E-state index >= 15 is 0 Å². The smallest absolute Gasteiger partial charge is 0.399 e. The largest absolute Gasteiger partial charge is 0.495 e. The predicted octanol–water partition coefficient (Wildman–Crippen LogP) is 10.8. The second-order valence-electron chi connectivity index (χ2n) is 14.4. The van der Waals surface area contributed by atoms with Crippen molar-refractivity contribution in [1.82, 2.24) is 9.13 Å². The quantitative estimate of drug-likeness (QED) is 0.175. The molecular weight excluding hydrogens is 631 g/mol.